The Bertz CT molecular complexity index is 1420. The fraction of sp³-hybridized carbons (Fsp3) is 0.536. The van der Waals surface area contributed by atoms with Gasteiger partial charge in [0.05, 0.1) is 11.6 Å². The predicted octanol–water partition coefficient (Wildman–Crippen LogP) is 4.43. The third-order valence-corrected chi connectivity index (χ3v) is 9.36. The van der Waals surface area contributed by atoms with Gasteiger partial charge >= 0.3 is 6.18 Å². The molecule has 2 N–H and O–H groups in total. The number of nitrogens with zero attached hydrogens (tertiary/aromatic N) is 6. The number of amides is 1. The highest BCUT2D eigenvalue weighted by Crippen LogP contribution is 2.49. The number of ether oxygens (including phenoxy) is 1. The predicted molar refractivity (Wildman–Crippen MR) is 148 cm³/mol. The Morgan fingerprint density at radius 2 is 1.73 bits per heavy atom. The SMILES string of the molecule is Cc1nc(-c2ncccn2)sc1C(=O)N1CC2C(C1)C2Oc1cc(C(C)(C)N)cc(N2CCC(C(F)(F)F)CC2)n1. The van der Waals surface area contributed by atoms with E-state index in [0.717, 1.165) is 5.56 Å². The Hall–Kier alpha value is -3.32. The minimum Gasteiger partial charge on any atom is -0.474 e. The summed E-state index contributed by atoms with van der Waals surface area (Å²) in [6.45, 7) is 7.25. The number of carbonyl (C=O) groups is 1. The van der Waals surface area contributed by atoms with E-state index in [0.29, 0.717) is 46.2 Å². The summed E-state index contributed by atoms with van der Waals surface area (Å²) in [5.74, 6) is 0.527. The Kier molecular flexibility index (Phi) is 6.92. The summed E-state index contributed by atoms with van der Waals surface area (Å²) in [5, 5.41) is 0.615. The van der Waals surface area contributed by atoms with Crippen molar-refractivity contribution in [2.45, 2.75) is 51.4 Å². The highest BCUT2D eigenvalue weighted by molar-refractivity contribution is 7.17. The molecule has 2 aliphatic heterocycles. The van der Waals surface area contributed by atoms with Crippen LogP contribution in [0.25, 0.3) is 10.8 Å². The maximum absolute atomic E-state index is 13.3. The van der Waals surface area contributed by atoms with Gasteiger partial charge in [0.1, 0.15) is 16.8 Å². The van der Waals surface area contributed by atoms with E-state index < -0.39 is 17.6 Å². The van der Waals surface area contributed by atoms with Crippen LogP contribution >= 0.6 is 11.3 Å². The largest absolute Gasteiger partial charge is 0.474 e. The number of alkyl halides is 3. The number of hydrogen-bond donors (Lipinski definition) is 1. The number of likely N-dealkylation sites (tertiary alicyclic amines) is 1. The van der Waals surface area contributed by atoms with Gasteiger partial charge in [-0.05, 0) is 51.3 Å². The standard InChI is InChI=1S/C28H32F3N7O2S/c1-15-23(41-25(35-15)24-33-7-4-8-34-24)26(39)38-13-18-19(14-38)22(18)40-21-12-17(27(2,3)32)11-20(36-21)37-9-5-16(6-10-37)28(29,30)31/h4,7-8,11-12,16,18-19,22H,5-6,9-10,13-14,32H2,1-3H3. The van der Waals surface area contributed by atoms with Crippen LogP contribution in [0.3, 0.4) is 0 Å². The van der Waals surface area contributed by atoms with E-state index in [1.54, 1.807) is 18.5 Å². The van der Waals surface area contributed by atoms with Crippen molar-refractivity contribution in [2.75, 3.05) is 31.1 Å². The molecule has 0 spiro atoms. The second-order valence-electron chi connectivity index (χ2n) is 11.7. The number of nitrogens with two attached hydrogens (primary N) is 1. The molecule has 1 saturated carbocycles. The number of aromatic nitrogens is 4. The molecule has 1 aliphatic carbocycles. The number of hydrogen-bond acceptors (Lipinski definition) is 9. The van der Waals surface area contributed by atoms with Crippen LogP contribution in [0.1, 0.15) is 47.6 Å². The van der Waals surface area contributed by atoms with E-state index in [1.165, 1.54) is 11.3 Å². The fourth-order valence-corrected chi connectivity index (χ4v) is 6.70. The molecule has 5 heterocycles. The zero-order valence-corrected chi connectivity index (χ0v) is 23.9. The minimum atomic E-state index is -4.18. The van der Waals surface area contributed by atoms with Crippen molar-refractivity contribution in [3.63, 3.8) is 0 Å². The maximum atomic E-state index is 13.3. The Labute approximate surface area is 240 Å². The summed E-state index contributed by atoms with van der Waals surface area (Å²) in [6, 6.07) is 5.40. The van der Waals surface area contributed by atoms with Crippen molar-refractivity contribution in [3.05, 3.63) is 46.7 Å². The number of rotatable bonds is 6. The zero-order valence-electron chi connectivity index (χ0n) is 23.1. The summed E-state index contributed by atoms with van der Waals surface area (Å²) >= 11 is 1.30. The monoisotopic (exact) mass is 587 g/mol. The van der Waals surface area contributed by atoms with Crippen molar-refractivity contribution in [3.8, 4) is 16.7 Å². The van der Waals surface area contributed by atoms with Gasteiger partial charge in [-0.2, -0.15) is 18.2 Å². The van der Waals surface area contributed by atoms with E-state index in [1.807, 2.05) is 42.7 Å². The molecule has 2 saturated heterocycles. The number of anilines is 1. The Balaban J connectivity index is 1.12. The second kappa shape index (κ2) is 10.2. The molecular weight excluding hydrogens is 555 g/mol. The van der Waals surface area contributed by atoms with E-state index in [9.17, 15) is 18.0 Å². The normalized spacial score (nSPS) is 23.0. The number of halogens is 3. The van der Waals surface area contributed by atoms with Crippen molar-refractivity contribution in [1.29, 1.82) is 0 Å². The molecular formula is C28H32F3N7O2S. The first-order valence-corrected chi connectivity index (χ1v) is 14.5. The second-order valence-corrected chi connectivity index (χ2v) is 12.7. The van der Waals surface area contributed by atoms with Crippen molar-refractivity contribution < 1.29 is 22.7 Å². The molecule has 2 atom stereocenters. The highest BCUT2D eigenvalue weighted by atomic mass is 32.1. The first kappa shape index (κ1) is 27.8. The van der Waals surface area contributed by atoms with E-state index in [4.69, 9.17) is 10.5 Å². The molecule has 0 aromatic carbocycles. The van der Waals surface area contributed by atoms with Gasteiger partial charge in [0.15, 0.2) is 10.8 Å². The summed E-state index contributed by atoms with van der Waals surface area (Å²) in [6.07, 6.45) is -0.896. The molecule has 3 aromatic heterocycles. The molecule has 41 heavy (non-hydrogen) atoms. The summed E-state index contributed by atoms with van der Waals surface area (Å²) in [5.41, 5.74) is 7.17. The lowest BCUT2D eigenvalue weighted by atomic mass is 9.94. The number of thiazole rings is 1. The first-order chi connectivity index (χ1) is 19.4. The zero-order chi connectivity index (χ0) is 29.1. The van der Waals surface area contributed by atoms with Gasteiger partial charge in [0.25, 0.3) is 5.91 Å². The van der Waals surface area contributed by atoms with Crippen molar-refractivity contribution >= 4 is 23.1 Å². The minimum absolute atomic E-state index is 0.0351. The van der Waals surface area contributed by atoms with Crippen LogP contribution in [0.2, 0.25) is 0 Å². The summed E-state index contributed by atoms with van der Waals surface area (Å²) < 4.78 is 45.9. The first-order valence-electron chi connectivity index (χ1n) is 13.7. The van der Waals surface area contributed by atoms with Crippen LogP contribution in [-0.2, 0) is 5.54 Å². The van der Waals surface area contributed by atoms with Gasteiger partial charge in [-0.15, -0.1) is 11.3 Å². The van der Waals surface area contributed by atoms with Crippen LogP contribution < -0.4 is 15.4 Å². The average Bonchev–Trinajstić information content (AvgIpc) is 3.25. The van der Waals surface area contributed by atoms with Gasteiger partial charge in [-0.25, -0.2) is 15.0 Å². The van der Waals surface area contributed by atoms with Gasteiger partial charge in [-0.1, -0.05) is 0 Å². The molecule has 2 unspecified atom stereocenters. The van der Waals surface area contributed by atoms with Crippen LogP contribution in [0.4, 0.5) is 19.0 Å². The van der Waals surface area contributed by atoms with Crippen LogP contribution in [0.5, 0.6) is 5.88 Å². The highest BCUT2D eigenvalue weighted by Gasteiger charge is 2.59. The summed E-state index contributed by atoms with van der Waals surface area (Å²) in [4.78, 5) is 35.3. The van der Waals surface area contributed by atoms with E-state index >= 15 is 0 Å². The maximum Gasteiger partial charge on any atom is 0.391 e. The third kappa shape index (κ3) is 5.61. The van der Waals surface area contributed by atoms with Crippen LogP contribution in [0.15, 0.2) is 30.6 Å². The quantitative estimate of drug-likeness (QED) is 0.451. The Morgan fingerprint density at radius 3 is 2.34 bits per heavy atom. The van der Waals surface area contributed by atoms with Crippen LogP contribution in [0, 0.1) is 24.7 Å². The van der Waals surface area contributed by atoms with Gasteiger partial charge in [-0.3, -0.25) is 4.79 Å². The molecule has 1 amide bonds. The van der Waals surface area contributed by atoms with Gasteiger partial charge < -0.3 is 20.3 Å². The molecule has 13 heteroatoms. The lowest BCUT2D eigenvalue weighted by Crippen LogP contribution is -2.39. The van der Waals surface area contributed by atoms with Crippen molar-refractivity contribution in [1.82, 2.24) is 24.8 Å². The van der Waals surface area contributed by atoms with E-state index in [-0.39, 0.29) is 49.8 Å². The van der Waals surface area contributed by atoms with E-state index in [2.05, 4.69) is 19.9 Å². The molecule has 218 valence electrons. The topological polar surface area (TPSA) is 110 Å². The molecule has 0 bridgehead atoms. The molecule has 3 fully saturated rings. The number of carbonyl (C=O) groups excluding carboxylic acids is 1. The average molecular weight is 588 g/mol. The molecule has 3 aromatic rings. The van der Waals surface area contributed by atoms with Crippen LogP contribution in [-0.4, -0.2) is 69.2 Å². The summed E-state index contributed by atoms with van der Waals surface area (Å²) in [7, 11) is 0. The molecule has 6 rings (SSSR count). The lowest BCUT2D eigenvalue weighted by molar-refractivity contribution is -0.179. The smallest absolute Gasteiger partial charge is 0.391 e. The number of piperidine rings is 2. The molecule has 0 radical (unpaired) electrons. The number of aryl methyl sites for hydroxylation is 1. The Morgan fingerprint density at radius 1 is 1.07 bits per heavy atom. The van der Waals surface area contributed by atoms with Gasteiger partial charge in [0, 0.05) is 62.0 Å². The van der Waals surface area contributed by atoms with Crippen molar-refractivity contribution in [2.24, 2.45) is 23.5 Å². The molecule has 3 aliphatic rings. The number of pyridine rings is 1. The van der Waals surface area contributed by atoms with Gasteiger partial charge in [0.2, 0.25) is 5.88 Å². The lowest BCUT2D eigenvalue weighted by Gasteiger charge is -2.34. The molecule has 9 nitrogen and oxygen atoms in total. The third-order valence-electron chi connectivity index (χ3n) is 8.22. The number of fused-ring (bicyclic) bond motifs is 1. The fourth-order valence-electron chi connectivity index (χ4n) is 5.72.